The topological polar surface area (TPSA) is 121 Å². The van der Waals surface area contributed by atoms with Crippen LogP contribution in [0.3, 0.4) is 0 Å². The average Bonchev–Trinajstić information content (AvgIpc) is 2.20. The van der Waals surface area contributed by atoms with Crippen LogP contribution < -0.4 is 0 Å². The monoisotopic (exact) mass is 434 g/mol. The minimum absolute atomic E-state index is 0. The van der Waals surface area contributed by atoms with Crippen molar-refractivity contribution in [3.63, 3.8) is 0 Å². The van der Waals surface area contributed by atoms with E-state index in [1.54, 1.807) is 0 Å². The largest absolute Gasteiger partial charge is 0.325 e. The minimum Gasteiger partial charge on any atom is -0.325 e. The molecule has 0 aromatic rings. The first kappa shape index (κ1) is 30.6. The quantitative estimate of drug-likeness (QED) is 0.214. The predicted molar refractivity (Wildman–Crippen MR) is 90.1 cm³/mol. The van der Waals surface area contributed by atoms with Crippen LogP contribution in [0.1, 0.15) is 59.3 Å². The van der Waals surface area contributed by atoms with E-state index in [-0.39, 0.29) is 19.5 Å². The van der Waals surface area contributed by atoms with Gasteiger partial charge in [-0.05, 0) is 29.5 Å². The normalized spacial score (nSPS) is 10.8. The zero-order valence-corrected chi connectivity index (χ0v) is 19.3. The Morgan fingerprint density at radius 3 is 1.24 bits per heavy atom. The number of hydrogen-bond acceptors (Lipinski definition) is 2. The zero-order chi connectivity index (χ0) is 16.8. The van der Waals surface area contributed by atoms with E-state index in [0.717, 1.165) is 5.92 Å². The van der Waals surface area contributed by atoms with Crippen molar-refractivity contribution in [2.45, 2.75) is 59.3 Å². The van der Waals surface area contributed by atoms with E-state index in [4.69, 9.17) is 29.4 Å². The first-order chi connectivity index (χ1) is 8.85. The van der Waals surface area contributed by atoms with Crippen LogP contribution in [0, 0.1) is 5.92 Å². The van der Waals surface area contributed by atoms with Gasteiger partial charge in [0.2, 0.25) is 0 Å². The van der Waals surface area contributed by atoms with E-state index in [9.17, 15) is 0 Å². The van der Waals surface area contributed by atoms with Crippen LogP contribution in [-0.4, -0.2) is 29.4 Å². The Hall–Kier alpha value is 1.68. The van der Waals surface area contributed by atoms with Gasteiger partial charge in [-0.1, -0.05) is 59.3 Å². The molecule has 0 aliphatic rings. The van der Waals surface area contributed by atoms with E-state index < -0.39 is 13.4 Å². The number of rotatable bonds is 6. The van der Waals surface area contributed by atoms with Crippen molar-refractivity contribution in [3.8, 4) is 0 Å². The standard InChI is InChI=1S/C10H22.2H3O3PS.Zn/c1-4-7-8-9-10(5-2)6-3;2*1-4(2,3)5;/h10H,4-9H2,1-3H3;2*(H3,1,2,3,5);. The summed E-state index contributed by atoms with van der Waals surface area (Å²) in [5.74, 6) is 1.01. The summed E-state index contributed by atoms with van der Waals surface area (Å²) in [7, 11) is 0. The second-order valence-corrected chi connectivity index (χ2v) is 9.20. The van der Waals surface area contributed by atoms with Gasteiger partial charge >= 0.3 is 13.4 Å². The van der Waals surface area contributed by atoms with Gasteiger partial charge < -0.3 is 29.4 Å². The van der Waals surface area contributed by atoms with E-state index >= 15 is 0 Å². The molecular formula is C10H28O6P2S2Zn. The first-order valence-electron chi connectivity index (χ1n) is 6.41. The van der Waals surface area contributed by atoms with Crippen molar-refractivity contribution in [1.82, 2.24) is 0 Å². The molecule has 21 heavy (non-hydrogen) atoms. The Morgan fingerprint density at radius 1 is 0.762 bits per heavy atom. The van der Waals surface area contributed by atoms with Crippen molar-refractivity contribution >= 4 is 37.1 Å². The summed E-state index contributed by atoms with van der Waals surface area (Å²) in [6, 6.07) is 0. The van der Waals surface area contributed by atoms with Crippen molar-refractivity contribution < 1.29 is 48.8 Å². The van der Waals surface area contributed by atoms with E-state index in [1.165, 1.54) is 38.5 Å². The summed E-state index contributed by atoms with van der Waals surface area (Å²) in [5, 5.41) is 0. The summed E-state index contributed by atoms with van der Waals surface area (Å²) in [6.07, 6.45) is 8.45. The Balaban J connectivity index is -0.000000112. The second-order valence-electron chi connectivity index (χ2n) is 4.20. The van der Waals surface area contributed by atoms with Crippen molar-refractivity contribution in [2.24, 2.45) is 5.92 Å². The van der Waals surface area contributed by atoms with Crippen LogP contribution in [0.5, 0.6) is 0 Å². The Morgan fingerprint density at radius 2 is 1.05 bits per heavy atom. The van der Waals surface area contributed by atoms with Gasteiger partial charge in [0, 0.05) is 19.5 Å². The van der Waals surface area contributed by atoms with Gasteiger partial charge in [0.05, 0.1) is 0 Å². The van der Waals surface area contributed by atoms with Gasteiger partial charge in [0.15, 0.2) is 0 Å². The van der Waals surface area contributed by atoms with Crippen LogP contribution >= 0.6 is 13.4 Å². The SMILES string of the molecule is CCCCCC(CC)CC.OP(O)(O)=S.OP(O)(O)=S.[Zn]. The molecule has 0 aliphatic carbocycles. The first-order valence-corrected chi connectivity index (χ1v) is 11.7. The molecule has 0 fully saturated rings. The molecule has 0 radical (unpaired) electrons. The van der Waals surface area contributed by atoms with Crippen LogP contribution in [-0.2, 0) is 43.1 Å². The molecular weight excluding hydrogens is 408 g/mol. The molecule has 11 heteroatoms. The van der Waals surface area contributed by atoms with E-state index in [2.05, 4.69) is 44.4 Å². The number of hydrogen-bond donors (Lipinski definition) is 6. The van der Waals surface area contributed by atoms with Crippen LogP contribution in [0.25, 0.3) is 0 Å². The van der Waals surface area contributed by atoms with Gasteiger partial charge in [0.1, 0.15) is 0 Å². The third kappa shape index (κ3) is 73.6. The molecule has 0 saturated carbocycles. The molecule has 0 unspecified atom stereocenters. The molecule has 0 amide bonds. The average molecular weight is 436 g/mol. The molecule has 0 aromatic carbocycles. The maximum atomic E-state index is 7.56. The summed E-state index contributed by atoms with van der Waals surface area (Å²) in [4.78, 5) is 45.3. The molecule has 6 N–H and O–H groups in total. The van der Waals surface area contributed by atoms with Gasteiger partial charge in [-0.25, -0.2) is 0 Å². The summed E-state index contributed by atoms with van der Waals surface area (Å²) < 4.78 is 0. The van der Waals surface area contributed by atoms with E-state index in [1.807, 2.05) is 0 Å². The maximum Gasteiger partial charge on any atom is 0.319 e. The van der Waals surface area contributed by atoms with Crippen molar-refractivity contribution in [3.05, 3.63) is 0 Å². The molecule has 0 bridgehead atoms. The van der Waals surface area contributed by atoms with Crippen LogP contribution in [0.2, 0.25) is 0 Å². The molecule has 0 atom stereocenters. The van der Waals surface area contributed by atoms with Crippen molar-refractivity contribution in [1.29, 1.82) is 0 Å². The Kier molecular flexibility index (Phi) is 26.2. The molecule has 0 rings (SSSR count). The fourth-order valence-electron chi connectivity index (χ4n) is 1.38. The molecule has 6 nitrogen and oxygen atoms in total. The Bertz CT molecular complexity index is 257. The molecule has 0 spiro atoms. The summed E-state index contributed by atoms with van der Waals surface area (Å²) in [6.45, 7) is -0.729. The van der Waals surface area contributed by atoms with Crippen molar-refractivity contribution in [2.75, 3.05) is 0 Å². The summed E-state index contributed by atoms with van der Waals surface area (Å²) >= 11 is 7.21. The predicted octanol–water partition coefficient (Wildman–Crippen LogP) is 2.38. The maximum absolute atomic E-state index is 7.56. The molecule has 0 heterocycles. The Labute approximate surface area is 150 Å². The minimum atomic E-state index is -3.81. The molecule has 0 aliphatic heterocycles. The molecule has 0 aromatic heterocycles. The van der Waals surface area contributed by atoms with Gasteiger partial charge in [-0.3, -0.25) is 0 Å². The third-order valence-electron chi connectivity index (χ3n) is 2.37. The van der Waals surface area contributed by atoms with Gasteiger partial charge in [-0.2, -0.15) is 0 Å². The van der Waals surface area contributed by atoms with Gasteiger partial charge in [0.25, 0.3) is 0 Å². The number of unbranched alkanes of at least 4 members (excludes halogenated alkanes) is 2. The summed E-state index contributed by atoms with van der Waals surface area (Å²) in [5.41, 5.74) is 0. The molecule has 0 saturated heterocycles. The molecule has 128 valence electrons. The smallest absolute Gasteiger partial charge is 0.319 e. The fourth-order valence-corrected chi connectivity index (χ4v) is 1.38. The second kappa shape index (κ2) is 18.0. The zero-order valence-electron chi connectivity index (χ0n) is 12.9. The van der Waals surface area contributed by atoms with Crippen LogP contribution in [0.15, 0.2) is 0 Å². The van der Waals surface area contributed by atoms with Crippen LogP contribution in [0.4, 0.5) is 0 Å². The fraction of sp³-hybridized carbons (Fsp3) is 1.00. The third-order valence-corrected chi connectivity index (χ3v) is 2.37. The van der Waals surface area contributed by atoms with Gasteiger partial charge in [-0.15, -0.1) is 0 Å². The van der Waals surface area contributed by atoms with E-state index in [0.29, 0.717) is 0 Å².